The summed E-state index contributed by atoms with van der Waals surface area (Å²) in [6, 6.07) is 7.51. The molecule has 0 amide bonds. The molecule has 0 heterocycles. The number of nitrogens with zero attached hydrogens (tertiary/aromatic N) is 1. The van der Waals surface area contributed by atoms with Crippen LogP contribution in [0.15, 0.2) is 22.7 Å². The van der Waals surface area contributed by atoms with E-state index >= 15 is 0 Å². The van der Waals surface area contributed by atoms with Crippen LogP contribution >= 0.6 is 15.9 Å². The molecule has 0 aliphatic carbocycles. The number of hydrogen-bond acceptors (Lipinski definition) is 1. The molecule has 64 valence electrons. The molecule has 1 aromatic rings. The Kier molecular flexibility index (Phi) is 3.12. The zero-order valence-electron chi connectivity index (χ0n) is 7.21. The van der Waals surface area contributed by atoms with E-state index in [4.69, 9.17) is 11.7 Å². The van der Waals surface area contributed by atoms with E-state index < -0.39 is 0 Å². The van der Waals surface area contributed by atoms with Crippen LogP contribution in [-0.4, -0.2) is 0 Å². The van der Waals surface area contributed by atoms with Crippen molar-refractivity contribution in [1.82, 2.24) is 0 Å². The van der Waals surface area contributed by atoms with Crippen molar-refractivity contribution in [2.75, 3.05) is 0 Å². The summed E-state index contributed by atoms with van der Waals surface area (Å²) >= 11 is 3.40. The molecule has 1 aromatic carbocycles. The van der Waals surface area contributed by atoms with Gasteiger partial charge < -0.3 is 0 Å². The molecular weight excluding hydrogens is 226 g/mol. The first-order valence-corrected chi connectivity index (χ1v) is 4.64. The lowest BCUT2D eigenvalue weighted by molar-refractivity contribution is 0.996. The molecule has 0 saturated carbocycles. The van der Waals surface area contributed by atoms with E-state index in [1.165, 1.54) is 0 Å². The molecule has 0 N–H and O–H groups in total. The molecule has 0 aliphatic heterocycles. The normalized spacial score (nSPS) is 11.4. The third kappa shape index (κ3) is 2.11. The van der Waals surface area contributed by atoms with Crippen LogP contribution in [0.25, 0.3) is 0 Å². The Morgan fingerprint density at radius 3 is 2.77 bits per heavy atom. The van der Waals surface area contributed by atoms with Gasteiger partial charge in [0.2, 0.25) is 0 Å². The fraction of sp³-hybridized carbons (Fsp3) is 0.182. The van der Waals surface area contributed by atoms with Gasteiger partial charge in [0.25, 0.3) is 0 Å². The van der Waals surface area contributed by atoms with E-state index in [2.05, 4.69) is 27.9 Å². The number of hydrogen-bond donors (Lipinski definition) is 0. The van der Waals surface area contributed by atoms with Crippen molar-refractivity contribution in [3.8, 4) is 18.4 Å². The Hall–Kier alpha value is -1.25. The van der Waals surface area contributed by atoms with E-state index in [0.29, 0.717) is 5.56 Å². The molecule has 0 fully saturated rings. The zero-order valence-corrected chi connectivity index (χ0v) is 8.80. The van der Waals surface area contributed by atoms with Gasteiger partial charge in [-0.1, -0.05) is 21.9 Å². The third-order valence-corrected chi connectivity index (χ3v) is 2.56. The third-order valence-electron chi connectivity index (χ3n) is 1.84. The molecule has 0 saturated heterocycles. The van der Waals surface area contributed by atoms with Crippen LogP contribution in [0.3, 0.4) is 0 Å². The van der Waals surface area contributed by atoms with Crippen molar-refractivity contribution < 1.29 is 0 Å². The van der Waals surface area contributed by atoms with Crippen LogP contribution < -0.4 is 0 Å². The van der Waals surface area contributed by atoms with Crippen LogP contribution in [0.2, 0.25) is 0 Å². The second kappa shape index (κ2) is 4.12. The molecular formula is C11H8BrN. The van der Waals surface area contributed by atoms with Crippen molar-refractivity contribution in [2.45, 2.75) is 12.8 Å². The van der Waals surface area contributed by atoms with Gasteiger partial charge in [-0.2, -0.15) is 5.26 Å². The highest BCUT2D eigenvalue weighted by molar-refractivity contribution is 9.10. The first-order chi connectivity index (χ1) is 6.19. The van der Waals surface area contributed by atoms with Crippen molar-refractivity contribution in [3.63, 3.8) is 0 Å². The molecule has 0 aromatic heterocycles. The Labute approximate surface area is 86.5 Å². The maximum absolute atomic E-state index is 8.69. The summed E-state index contributed by atoms with van der Waals surface area (Å²) in [5, 5.41) is 8.69. The van der Waals surface area contributed by atoms with E-state index in [1.807, 2.05) is 19.1 Å². The first-order valence-electron chi connectivity index (χ1n) is 3.84. The van der Waals surface area contributed by atoms with Gasteiger partial charge in [0, 0.05) is 10.4 Å². The van der Waals surface area contributed by atoms with Crippen LogP contribution in [0.5, 0.6) is 0 Å². The van der Waals surface area contributed by atoms with Gasteiger partial charge in [-0.25, -0.2) is 0 Å². The van der Waals surface area contributed by atoms with Gasteiger partial charge in [-0.05, 0) is 30.7 Å². The summed E-state index contributed by atoms with van der Waals surface area (Å²) in [7, 11) is 0. The van der Waals surface area contributed by atoms with Crippen molar-refractivity contribution >= 4 is 15.9 Å². The number of terminal acetylenes is 1. The summed E-state index contributed by atoms with van der Waals surface area (Å²) < 4.78 is 0.956. The SMILES string of the molecule is C#CC(C)c1cc(C#N)ccc1Br. The molecule has 0 spiro atoms. The van der Waals surface area contributed by atoms with Gasteiger partial charge in [-0.15, -0.1) is 6.42 Å². The van der Waals surface area contributed by atoms with Crippen LogP contribution in [0.4, 0.5) is 0 Å². The van der Waals surface area contributed by atoms with Crippen LogP contribution in [0, 0.1) is 23.7 Å². The largest absolute Gasteiger partial charge is 0.192 e. The molecule has 0 bridgehead atoms. The Morgan fingerprint density at radius 2 is 2.23 bits per heavy atom. The van der Waals surface area contributed by atoms with Gasteiger partial charge in [-0.3, -0.25) is 0 Å². The highest BCUT2D eigenvalue weighted by Crippen LogP contribution is 2.25. The lowest BCUT2D eigenvalue weighted by Crippen LogP contribution is -1.91. The molecule has 2 heteroatoms. The van der Waals surface area contributed by atoms with Gasteiger partial charge in [0.15, 0.2) is 0 Å². The summed E-state index contributed by atoms with van der Waals surface area (Å²) in [5.74, 6) is 2.66. The number of rotatable bonds is 1. The monoisotopic (exact) mass is 233 g/mol. The second-order valence-electron chi connectivity index (χ2n) is 2.74. The van der Waals surface area contributed by atoms with Crippen LogP contribution in [0.1, 0.15) is 24.0 Å². The second-order valence-corrected chi connectivity index (χ2v) is 3.59. The molecule has 0 radical (unpaired) electrons. The van der Waals surface area contributed by atoms with Gasteiger partial charge in [0.1, 0.15) is 0 Å². The van der Waals surface area contributed by atoms with Crippen molar-refractivity contribution in [3.05, 3.63) is 33.8 Å². The summed E-state index contributed by atoms with van der Waals surface area (Å²) in [5.41, 5.74) is 1.63. The number of benzene rings is 1. The maximum Gasteiger partial charge on any atom is 0.0991 e. The van der Waals surface area contributed by atoms with E-state index in [1.54, 1.807) is 6.07 Å². The first kappa shape index (κ1) is 9.84. The molecule has 1 rings (SSSR count). The molecule has 13 heavy (non-hydrogen) atoms. The van der Waals surface area contributed by atoms with E-state index in [0.717, 1.165) is 10.0 Å². The topological polar surface area (TPSA) is 23.8 Å². The minimum atomic E-state index is 0.0303. The Balaban J connectivity index is 3.22. The number of halogens is 1. The molecule has 1 nitrogen and oxygen atoms in total. The summed E-state index contributed by atoms with van der Waals surface area (Å²) in [6.45, 7) is 1.93. The maximum atomic E-state index is 8.69. The summed E-state index contributed by atoms with van der Waals surface area (Å²) in [4.78, 5) is 0. The minimum absolute atomic E-state index is 0.0303. The van der Waals surface area contributed by atoms with Crippen LogP contribution in [-0.2, 0) is 0 Å². The predicted octanol–water partition coefficient (Wildman–Crippen LogP) is 3.06. The van der Waals surface area contributed by atoms with Crippen molar-refractivity contribution in [2.24, 2.45) is 0 Å². The van der Waals surface area contributed by atoms with Crippen molar-refractivity contribution in [1.29, 1.82) is 5.26 Å². The predicted molar refractivity (Wildman–Crippen MR) is 56.1 cm³/mol. The van der Waals surface area contributed by atoms with Gasteiger partial charge >= 0.3 is 0 Å². The zero-order chi connectivity index (χ0) is 9.84. The average Bonchev–Trinajstić information content (AvgIpc) is 2.17. The van der Waals surface area contributed by atoms with Gasteiger partial charge in [0.05, 0.1) is 11.6 Å². The summed E-state index contributed by atoms with van der Waals surface area (Å²) in [6.07, 6.45) is 5.31. The van der Waals surface area contributed by atoms with E-state index in [-0.39, 0.29) is 5.92 Å². The molecule has 0 aliphatic rings. The standard InChI is InChI=1S/C11H8BrN/c1-3-8(2)10-6-9(7-13)4-5-11(10)12/h1,4-6,8H,2H3. The fourth-order valence-corrected chi connectivity index (χ4v) is 1.62. The quantitative estimate of drug-likeness (QED) is 0.685. The minimum Gasteiger partial charge on any atom is -0.192 e. The number of nitriles is 1. The smallest absolute Gasteiger partial charge is 0.0991 e. The highest BCUT2D eigenvalue weighted by Gasteiger charge is 2.06. The fourth-order valence-electron chi connectivity index (χ4n) is 1.03. The Morgan fingerprint density at radius 1 is 1.54 bits per heavy atom. The average molecular weight is 234 g/mol. The lowest BCUT2D eigenvalue weighted by Gasteiger charge is -2.07. The Bertz CT molecular complexity index is 396. The lowest BCUT2D eigenvalue weighted by atomic mass is 10.0. The highest BCUT2D eigenvalue weighted by atomic mass is 79.9. The molecule has 1 unspecified atom stereocenters. The van der Waals surface area contributed by atoms with E-state index in [9.17, 15) is 0 Å². The molecule has 1 atom stereocenters.